The Bertz CT molecular complexity index is 437. The van der Waals surface area contributed by atoms with E-state index in [0.717, 1.165) is 0 Å². The van der Waals surface area contributed by atoms with E-state index in [9.17, 15) is 8.78 Å². The highest BCUT2D eigenvalue weighted by atomic mass is 19.3. The highest BCUT2D eigenvalue weighted by Gasteiger charge is 2.44. The van der Waals surface area contributed by atoms with Gasteiger partial charge in [0.1, 0.15) is 18.4 Å². The van der Waals surface area contributed by atoms with Crippen LogP contribution in [0.15, 0.2) is 24.3 Å². The summed E-state index contributed by atoms with van der Waals surface area (Å²) < 4.78 is 33.4. The van der Waals surface area contributed by atoms with Crippen molar-refractivity contribution in [3.8, 4) is 5.75 Å². The first-order valence-corrected chi connectivity index (χ1v) is 6.66. The smallest absolute Gasteiger partial charge is 0.289 e. The Morgan fingerprint density at radius 2 is 2.10 bits per heavy atom. The lowest BCUT2D eigenvalue weighted by Gasteiger charge is -2.38. The van der Waals surface area contributed by atoms with Crippen LogP contribution in [0.1, 0.15) is 11.6 Å². The quantitative estimate of drug-likeness (QED) is 0.855. The molecular formula is C14H20F2N2O2. The molecule has 1 atom stereocenters. The van der Waals surface area contributed by atoms with Gasteiger partial charge < -0.3 is 15.2 Å². The zero-order chi connectivity index (χ0) is 14.6. The summed E-state index contributed by atoms with van der Waals surface area (Å²) in [5.41, 5.74) is 0.463. The van der Waals surface area contributed by atoms with E-state index in [1.807, 2.05) is 0 Å². The lowest BCUT2D eigenvalue weighted by atomic mass is 9.98. The number of nitrogens with zero attached hydrogens (tertiary/aromatic N) is 1. The van der Waals surface area contributed by atoms with Gasteiger partial charge in [-0.15, -0.1) is 0 Å². The Labute approximate surface area is 117 Å². The number of benzene rings is 1. The molecule has 1 aromatic carbocycles. The van der Waals surface area contributed by atoms with E-state index in [4.69, 9.17) is 9.84 Å². The zero-order valence-electron chi connectivity index (χ0n) is 11.5. The number of methoxy groups -OCH3 is 1. The summed E-state index contributed by atoms with van der Waals surface area (Å²) in [6.45, 7) is 1.22. The molecule has 1 aliphatic rings. The lowest BCUT2D eigenvalue weighted by Crippen LogP contribution is -2.51. The summed E-state index contributed by atoms with van der Waals surface area (Å²) >= 11 is 0. The minimum absolute atomic E-state index is 0.463. The average molecular weight is 286 g/mol. The molecule has 1 aromatic rings. The largest absolute Gasteiger partial charge is 0.497 e. The van der Waals surface area contributed by atoms with Crippen LogP contribution in [0.4, 0.5) is 8.78 Å². The van der Waals surface area contributed by atoms with E-state index in [1.54, 1.807) is 29.2 Å². The van der Waals surface area contributed by atoms with E-state index in [1.165, 1.54) is 7.11 Å². The van der Waals surface area contributed by atoms with Crippen molar-refractivity contribution in [2.45, 2.75) is 12.0 Å². The summed E-state index contributed by atoms with van der Waals surface area (Å²) in [4.78, 5) is 1.71. The summed E-state index contributed by atoms with van der Waals surface area (Å²) in [7, 11) is 1.50. The van der Waals surface area contributed by atoms with Crippen molar-refractivity contribution in [2.24, 2.45) is 0 Å². The summed E-state index contributed by atoms with van der Waals surface area (Å²) in [6.07, 6.45) is 0. The number of alkyl halides is 2. The predicted octanol–water partition coefficient (Wildman–Crippen LogP) is 1.27. The van der Waals surface area contributed by atoms with Gasteiger partial charge in [0.05, 0.1) is 7.11 Å². The predicted molar refractivity (Wildman–Crippen MR) is 72.2 cm³/mol. The van der Waals surface area contributed by atoms with Crippen LogP contribution in [0.25, 0.3) is 0 Å². The van der Waals surface area contributed by atoms with Gasteiger partial charge in [0.2, 0.25) is 0 Å². The molecule has 0 bridgehead atoms. The van der Waals surface area contributed by atoms with Crippen molar-refractivity contribution in [3.05, 3.63) is 29.8 Å². The first-order chi connectivity index (χ1) is 9.58. The molecule has 1 fully saturated rings. The van der Waals surface area contributed by atoms with Gasteiger partial charge in [-0.25, -0.2) is 8.78 Å². The molecule has 1 saturated heterocycles. The van der Waals surface area contributed by atoms with Gasteiger partial charge in [-0.3, -0.25) is 4.90 Å². The fourth-order valence-electron chi connectivity index (χ4n) is 2.56. The van der Waals surface area contributed by atoms with Crippen LogP contribution < -0.4 is 10.1 Å². The van der Waals surface area contributed by atoms with Crippen molar-refractivity contribution < 1.29 is 18.6 Å². The molecule has 112 valence electrons. The summed E-state index contributed by atoms with van der Waals surface area (Å²) in [5.74, 6) is -2.65. The highest BCUT2D eigenvalue weighted by molar-refractivity contribution is 5.32. The van der Waals surface area contributed by atoms with Crippen LogP contribution >= 0.6 is 0 Å². The van der Waals surface area contributed by atoms with Gasteiger partial charge in [0.15, 0.2) is 0 Å². The molecule has 0 aliphatic carbocycles. The van der Waals surface area contributed by atoms with E-state index < -0.39 is 18.6 Å². The van der Waals surface area contributed by atoms with Gasteiger partial charge >= 0.3 is 0 Å². The van der Waals surface area contributed by atoms with Gasteiger partial charge in [-0.1, -0.05) is 12.1 Å². The molecule has 0 saturated carbocycles. The molecule has 2 N–H and O–H groups in total. The lowest BCUT2D eigenvalue weighted by molar-refractivity contribution is -0.118. The van der Waals surface area contributed by atoms with E-state index in [0.29, 0.717) is 37.5 Å². The number of aliphatic hydroxyl groups excluding tert-OH is 1. The summed E-state index contributed by atoms with van der Waals surface area (Å²) in [6, 6.07) is 5.53. The van der Waals surface area contributed by atoms with Crippen molar-refractivity contribution in [1.82, 2.24) is 10.2 Å². The number of aliphatic hydroxyl groups is 1. The molecule has 6 heteroatoms. The van der Waals surface area contributed by atoms with Crippen LogP contribution in [0.2, 0.25) is 0 Å². The Morgan fingerprint density at radius 3 is 2.70 bits per heavy atom. The van der Waals surface area contributed by atoms with Crippen LogP contribution in [0, 0.1) is 0 Å². The Morgan fingerprint density at radius 1 is 1.40 bits per heavy atom. The fourth-order valence-corrected chi connectivity index (χ4v) is 2.56. The minimum atomic E-state index is -3.19. The minimum Gasteiger partial charge on any atom is -0.497 e. The molecule has 20 heavy (non-hydrogen) atoms. The Balaban J connectivity index is 2.34. The summed E-state index contributed by atoms with van der Waals surface area (Å²) in [5, 5.41) is 12.2. The van der Waals surface area contributed by atoms with E-state index in [-0.39, 0.29) is 0 Å². The van der Waals surface area contributed by atoms with Gasteiger partial charge in [-0.2, -0.15) is 0 Å². The molecule has 0 amide bonds. The maximum absolute atomic E-state index is 14.2. The number of ether oxygens (including phenoxy) is 1. The maximum atomic E-state index is 14.2. The van der Waals surface area contributed by atoms with Crippen LogP contribution in [0.5, 0.6) is 5.75 Å². The number of halogens is 2. The average Bonchev–Trinajstić information content (AvgIpc) is 2.48. The monoisotopic (exact) mass is 286 g/mol. The highest BCUT2D eigenvalue weighted by Crippen LogP contribution is 2.37. The molecule has 0 unspecified atom stereocenters. The van der Waals surface area contributed by atoms with Gasteiger partial charge in [0.25, 0.3) is 5.92 Å². The van der Waals surface area contributed by atoms with E-state index >= 15 is 0 Å². The molecule has 4 nitrogen and oxygen atoms in total. The fraction of sp³-hybridized carbons (Fsp3) is 0.571. The van der Waals surface area contributed by atoms with Gasteiger partial charge in [0, 0.05) is 26.2 Å². The maximum Gasteiger partial charge on any atom is 0.289 e. The van der Waals surface area contributed by atoms with Crippen molar-refractivity contribution in [1.29, 1.82) is 0 Å². The Hall–Kier alpha value is -1.24. The second-order valence-electron chi connectivity index (χ2n) is 4.88. The molecule has 0 radical (unpaired) electrons. The van der Waals surface area contributed by atoms with Crippen molar-refractivity contribution >= 4 is 0 Å². The standard InChI is InChI=1S/C14H20F2N2O2/c1-20-12-4-2-3-11(9-12)13(14(15,16)10-19)18-7-5-17-6-8-18/h2-4,9,13,17,19H,5-8,10H2,1H3/t13-/m1/s1. The molecule has 0 spiro atoms. The number of hydrogen-bond acceptors (Lipinski definition) is 4. The number of rotatable bonds is 5. The third kappa shape index (κ3) is 3.26. The topological polar surface area (TPSA) is 44.7 Å². The van der Waals surface area contributed by atoms with Crippen molar-refractivity contribution in [2.75, 3.05) is 39.9 Å². The SMILES string of the molecule is COc1cccc([C@@H](N2CCNCC2)C(F)(F)CO)c1. The molecule has 1 heterocycles. The van der Waals surface area contributed by atoms with Crippen LogP contribution in [0.3, 0.4) is 0 Å². The number of nitrogens with one attached hydrogen (secondary N) is 1. The third-order valence-electron chi connectivity index (χ3n) is 3.54. The van der Waals surface area contributed by atoms with Gasteiger partial charge in [-0.05, 0) is 17.7 Å². The van der Waals surface area contributed by atoms with E-state index in [2.05, 4.69) is 5.32 Å². The molecule has 1 aliphatic heterocycles. The third-order valence-corrected chi connectivity index (χ3v) is 3.54. The molecular weight excluding hydrogens is 266 g/mol. The van der Waals surface area contributed by atoms with Crippen LogP contribution in [-0.4, -0.2) is 55.8 Å². The number of hydrogen-bond donors (Lipinski definition) is 2. The first-order valence-electron chi connectivity index (χ1n) is 6.66. The second-order valence-corrected chi connectivity index (χ2v) is 4.88. The Kier molecular flexibility index (Phi) is 4.91. The van der Waals surface area contributed by atoms with Crippen molar-refractivity contribution in [3.63, 3.8) is 0 Å². The normalized spacial score (nSPS) is 18.8. The zero-order valence-corrected chi connectivity index (χ0v) is 11.5. The first kappa shape index (κ1) is 15.2. The number of piperazine rings is 1. The van der Waals surface area contributed by atoms with Crippen LogP contribution in [-0.2, 0) is 0 Å². The second kappa shape index (κ2) is 6.47. The molecule has 2 rings (SSSR count). The molecule has 0 aromatic heterocycles.